The van der Waals surface area contributed by atoms with Crippen LogP contribution in [-0.4, -0.2) is 47.9 Å². The molecule has 1 fully saturated rings. The molecule has 0 spiro atoms. The molecule has 0 radical (unpaired) electrons. The lowest BCUT2D eigenvalue weighted by molar-refractivity contribution is 0.0255. The van der Waals surface area contributed by atoms with E-state index in [1.165, 1.54) is 11.1 Å². The Kier molecular flexibility index (Phi) is 6.62. The first-order valence-corrected chi connectivity index (χ1v) is 11.3. The van der Waals surface area contributed by atoms with Gasteiger partial charge in [-0.1, -0.05) is 24.3 Å². The second-order valence-electron chi connectivity index (χ2n) is 7.75. The van der Waals surface area contributed by atoms with Crippen LogP contribution in [0.5, 0.6) is 0 Å². The van der Waals surface area contributed by atoms with Crippen molar-refractivity contribution in [2.45, 2.75) is 36.8 Å². The molecule has 2 aromatic carbocycles. The molecule has 1 saturated heterocycles. The number of nitrogens with zero attached hydrogens (tertiary/aromatic N) is 2. The average molecular weight is 416 g/mol. The van der Waals surface area contributed by atoms with E-state index in [2.05, 4.69) is 45.3 Å². The minimum Gasteiger partial charge on any atom is -0.373 e. The van der Waals surface area contributed by atoms with Crippen molar-refractivity contribution in [3.8, 4) is 0 Å². The average Bonchev–Trinajstić information content (AvgIpc) is 2.78. The van der Waals surface area contributed by atoms with Crippen molar-refractivity contribution in [2.24, 2.45) is 5.90 Å². The number of fused-ring (bicyclic) bond motifs is 1. The van der Waals surface area contributed by atoms with Gasteiger partial charge in [0.1, 0.15) is 0 Å². The third-order valence-corrected chi connectivity index (χ3v) is 6.85. The Morgan fingerprint density at radius 1 is 1.17 bits per heavy atom. The predicted octanol–water partition coefficient (Wildman–Crippen LogP) is 2.81. The van der Waals surface area contributed by atoms with E-state index in [1.54, 1.807) is 0 Å². The number of ether oxygens (including phenoxy) is 1. The Morgan fingerprint density at radius 3 is 2.72 bits per heavy atom. The molecule has 0 amide bonds. The molecule has 156 valence electrons. The highest BCUT2D eigenvalue weighted by molar-refractivity contribution is 7.80. The number of hydrogen-bond acceptors (Lipinski definition) is 6. The lowest BCUT2D eigenvalue weighted by Crippen LogP contribution is -2.52. The van der Waals surface area contributed by atoms with Crippen LogP contribution >= 0.6 is 0 Å². The zero-order valence-electron chi connectivity index (χ0n) is 16.8. The van der Waals surface area contributed by atoms with Gasteiger partial charge in [0.15, 0.2) is 0 Å². The van der Waals surface area contributed by atoms with Gasteiger partial charge in [-0.3, -0.25) is 4.90 Å². The summed E-state index contributed by atoms with van der Waals surface area (Å²) in [6, 6.07) is 16.7. The molecular formula is C22H29N3O3S. The number of benzene rings is 2. The maximum absolute atomic E-state index is 11.6. The summed E-state index contributed by atoms with van der Waals surface area (Å²) in [6.07, 6.45) is 2.26. The summed E-state index contributed by atoms with van der Waals surface area (Å²) in [5.41, 5.74) is 3.94. The highest BCUT2D eigenvalue weighted by Gasteiger charge is 2.26. The van der Waals surface area contributed by atoms with Gasteiger partial charge in [0.05, 0.1) is 17.6 Å². The molecule has 2 aromatic rings. The van der Waals surface area contributed by atoms with E-state index < -0.39 is 11.1 Å². The van der Waals surface area contributed by atoms with Crippen molar-refractivity contribution in [1.29, 1.82) is 0 Å². The smallest absolute Gasteiger partial charge is 0.206 e. The highest BCUT2D eigenvalue weighted by atomic mass is 32.2. The Hall–Kier alpha value is -1.77. The Bertz CT molecular complexity index is 845. The summed E-state index contributed by atoms with van der Waals surface area (Å²) in [5.74, 6) is 5.00. The van der Waals surface area contributed by atoms with Gasteiger partial charge in [-0.2, -0.15) is 10.2 Å². The topological polar surface area (TPSA) is 68.0 Å². The van der Waals surface area contributed by atoms with Crippen molar-refractivity contribution in [3.05, 3.63) is 59.7 Å². The van der Waals surface area contributed by atoms with Crippen molar-refractivity contribution >= 4 is 16.8 Å². The molecule has 2 aliphatic heterocycles. The van der Waals surface area contributed by atoms with Gasteiger partial charge in [0, 0.05) is 37.9 Å². The van der Waals surface area contributed by atoms with Crippen LogP contribution in [0.4, 0.5) is 5.69 Å². The fourth-order valence-corrected chi connectivity index (χ4v) is 4.85. The van der Waals surface area contributed by atoms with Crippen LogP contribution in [-0.2, 0) is 26.5 Å². The molecule has 0 aliphatic carbocycles. The third kappa shape index (κ3) is 4.70. The third-order valence-electron chi connectivity index (χ3n) is 6.02. The SMILES string of the molecule is CC1CN(c2ccc(S(=O)ON)cc2)CCN1CC[C@@H]1OCCc2ccccc21. The van der Waals surface area contributed by atoms with Crippen molar-refractivity contribution < 1.29 is 13.2 Å². The first kappa shape index (κ1) is 20.5. The monoisotopic (exact) mass is 415 g/mol. The summed E-state index contributed by atoms with van der Waals surface area (Å²) in [5, 5.41) is 0. The molecule has 3 atom stereocenters. The number of piperazine rings is 1. The normalized spacial score (nSPS) is 23.6. The fourth-order valence-electron chi connectivity index (χ4n) is 4.38. The van der Waals surface area contributed by atoms with Gasteiger partial charge in [0.25, 0.3) is 0 Å². The van der Waals surface area contributed by atoms with Gasteiger partial charge in [-0.05, 0) is 55.2 Å². The van der Waals surface area contributed by atoms with Crippen LogP contribution in [0.1, 0.15) is 30.6 Å². The van der Waals surface area contributed by atoms with Gasteiger partial charge in [-0.25, -0.2) is 4.21 Å². The van der Waals surface area contributed by atoms with Gasteiger partial charge in [-0.15, -0.1) is 0 Å². The Labute approximate surface area is 175 Å². The predicted molar refractivity (Wildman–Crippen MR) is 115 cm³/mol. The zero-order valence-corrected chi connectivity index (χ0v) is 17.6. The quantitative estimate of drug-likeness (QED) is 0.732. The summed E-state index contributed by atoms with van der Waals surface area (Å²) >= 11 is -1.60. The van der Waals surface area contributed by atoms with E-state index in [0.717, 1.165) is 51.3 Å². The number of nitrogens with two attached hydrogens (primary N) is 1. The molecule has 2 unspecified atom stereocenters. The summed E-state index contributed by atoms with van der Waals surface area (Å²) in [6.45, 7) is 7.11. The Balaban J connectivity index is 1.32. The molecule has 0 aromatic heterocycles. The van der Waals surface area contributed by atoms with E-state index in [4.69, 9.17) is 10.6 Å². The van der Waals surface area contributed by atoms with E-state index >= 15 is 0 Å². The first-order valence-electron chi connectivity index (χ1n) is 10.2. The van der Waals surface area contributed by atoms with Crippen LogP contribution in [0, 0.1) is 0 Å². The minimum atomic E-state index is -1.60. The largest absolute Gasteiger partial charge is 0.373 e. The minimum absolute atomic E-state index is 0.211. The fraction of sp³-hybridized carbons (Fsp3) is 0.455. The van der Waals surface area contributed by atoms with Gasteiger partial charge >= 0.3 is 0 Å². The van der Waals surface area contributed by atoms with Crippen LogP contribution < -0.4 is 10.8 Å². The molecule has 7 heteroatoms. The van der Waals surface area contributed by atoms with Crippen LogP contribution in [0.3, 0.4) is 0 Å². The molecule has 4 rings (SSSR count). The van der Waals surface area contributed by atoms with Crippen LogP contribution in [0.2, 0.25) is 0 Å². The zero-order chi connectivity index (χ0) is 20.2. The molecule has 2 N–H and O–H groups in total. The molecule has 2 aliphatic rings. The van der Waals surface area contributed by atoms with Crippen molar-refractivity contribution in [2.75, 3.05) is 37.7 Å². The second-order valence-corrected chi connectivity index (χ2v) is 8.89. The van der Waals surface area contributed by atoms with E-state index in [1.807, 2.05) is 24.3 Å². The molecule has 0 bridgehead atoms. The summed E-state index contributed by atoms with van der Waals surface area (Å²) in [4.78, 5) is 5.52. The van der Waals surface area contributed by atoms with Crippen molar-refractivity contribution in [1.82, 2.24) is 4.90 Å². The van der Waals surface area contributed by atoms with Crippen molar-refractivity contribution in [3.63, 3.8) is 0 Å². The molecular weight excluding hydrogens is 386 g/mol. The molecule has 2 heterocycles. The lowest BCUT2D eigenvalue weighted by atomic mass is 9.95. The maximum Gasteiger partial charge on any atom is 0.206 e. The van der Waals surface area contributed by atoms with E-state index in [-0.39, 0.29) is 6.10 Å². The van der Waals surface area contributed by atoms with E-state index in [0.29, 0.717) is 10.9 Å². The molecule has 0 saturated carbocycles. The Morgan fingerprint density at radius 2 is 1.97 bits per heavy atom. The lowest BCUT2D eigenvalue weighted by Gasteiger charge is -2.41. The number of hydrogen-bond donors (Lipinski definition) is 1. The second kappa shape index (κ2) is 9.36. The molecule has 29 heavy (non-hydrogen) atoms. The van der Waals surface area contributed by atoms with E-state index in [9.17, 15) is 4.21 Å². The van der Waals surface area contributed by atoms with Crippen LogP contribution in [0.15, 0.2) is 53.4 Å². The standard InChI is InChI=1S/C22H29N3O3S/c1-17-16-25(19-6-8-20(9-7-19)29(26)28-23)14-13-24(17)12-10-22-21-5-3-2-4-18(21)11-15-27-22/h2-9,17,22H,10-16,23H2,1H3/t17?,22-,29?/m0/s1. The number of anilines is 1. The highest BCUT2D eigenvalue weighted by Crippen LogP contribution is 2.30. The van der Waals surface area contributed by atoms with Gasteiger partial charge < -0.3 is 9.64 Å². The summed E-state index contributed by atoms with van der Waals surface area (Å²) in [7, 11) is 0. The van der Waals surface area contributed by atoms with Gasteiger partial charge in [0.2, 0.25) is 11.1 Å². The number of rotatable bonds is 6. The molecule has 6 nitrogen and oxygen atoms in total. The summed E-state index contributed by atoms with van der Waals surface area (Å²) < 4.78 is 22.1. The maximum atomic E-state index is 11.6. The first-order chi connectivity index (χ1) is 14.2. The van der Waals surface area contributed by atoms with Crippen LogP contribution in [0.25, 0.3) is 0 Å².